The Bertz CT molecular complexity index is 522. The van der Waals surface area contributed by atoms with Crippen molar-refractivity contribution in [2.45, 2.75) is 42.6 Å². The van der Waals surface area contributed by atoms with Crippen LogP contribution in [0.5, 0.6) is 0 Å². The van der Waals surface area contributed by atoms with E-state index in [-0.39, 0.29) is 11.2 Å². The van der Waals surface area contributed by atoms with E-state index in [2.05, 4.69) is 26.7 Å². The van der Waals surface area contributed by atoms with Crippen molar-refractivity contribution >= 4 is 17.7 Å². The van der Waals surface area contributed by atoms with Crippen molar-refractivity contribution < 1.29 is 4.79 Å². The van der Waals surface area contributed by atoms with Crippen molar-refractivity contribution in [2.24, 2.45) is 0 Å². The molecule has 1 aromatic heterocycles. The summed E-state index contributed by atoms with van der Waals surface area (Å²) in [6.07, 6.45) is 4.01. The fraction of sp³-hybridized carbons (Fsp3) is 0.667. The zero-order valence-corrected chi connectivity index (χ0v) is 14.4. The summed E-state index contributed by atoms with van der Waals surface area (Å²) in [7, 11) is 3.54. The highest BCUT2D eigenvalue weighted by Crippen LogP contribution is 2.29. The van der Waals surface area contributed by atoms with Crippen LogP contribution in [0.15, 0.2) is 17.8 Å². The quantitative estimate of drug-likeness (QED) is 0.635. The van der Waals surface area contributed by atoms with Gasteiger partial charge in [-0.15, -0.1) is 16.8 Å². The van der Waals surface area contributed by atoms with Gasteiger partial charge in [-0.3, -0.25) is 4.79 Å². The van der Waals surface area contributed by atoms with Crippen molar-refractivity contribution in [3.63, 3.8) is 0 Å². The molecule has 1 N–H and O–H groups in total. The van der Waals surface area contributed by atoms with Crippen molar-refractivity contribution in [1.29, 1.82) is 0 Å². The normalized spacial score (nSPS) is 17.2. The second-order valence-electron chi connectivity index (χ2n) is 5.76. The monoisotopic (exact) mass is 323 g/mol. The molecule has 1 aromatic rings. The number of aromatic nitrogens is 3. The van der Waals surface area contributed by atoms with Crippen LogP contribution >= 0.6 is 11.8 Å². The molecule has 1 atom stereocenters. The number of nitrogens with zero attached hydrogens (tertiary/aromatic N) is 4. The van der Waals surface area contributed by atoms with Crippen LogP contribution in [-0.4, -0.2) is 58.0 Å². The first-order valence-electron chi connectivity index (χ1n) is 7.67. The minimum Gasteiger partial charge on any atom is -0.348 e. The zero-order chi connectivity index (χ0) is 16.1. The average molecular weight is 323 g/mol. The lowest BCUT2D eigenvalue weighted by atomic mass is 9.97. The molecule has 1 fully saturated rings. The minimum atomic E-state index is -0.177. The highest BCUT2D eigenvalue weighted by atomic mass is 32.2. The molecule has 0 bridgehead atoms. The Balaban J connectivity index is 2.18. The van der Waals surface area contributed by atoms with Crippen molar-refractivity contribution in [3.05, 3.63) is 18.5 Å². The number of thioether (sulfide) groups is 1. The molecule has 0 aromatic carbocycles. The van der Waals surface area contributed by atoms with E-state index in [0.717, 1.165) is 36.9 Å². The number of carbonyl (C=O) groups is 1. The molecule has 0 radical (unpaired) electrons. The lowest BCUT2D eigenvalue weighted by Gasteiger charge is -2.22. The van der Waals surface area contributed by atoms with E-state index in [0.29, 0.717) is 12.5 Å². The number of hydrogen-bond acceptors (Lipinski definition) is 5. The number of carbonyl (C=O) groups excluding carboxylic acids is 1. The topological polar surface area (TPSA) is 63.1 Å². The van der Waals surface area contributed by atoms with Gasteiger partial charge in [-0.05, 0) is 32.9 Å². The standard InChI is InChI=1S/C15H25N5OS/c1-5-10-20-13(12-6-8-16-9-7-12)17-18-15(20)22-11(2)14(21)19(3)4/h5,11-12,16H,1,6-10H2,2-4H3. The summed E-state index contributed by atoms with van der Waals surface area (Å²) in [4.78, 5) is 13.7. The fourth-order valence-electron chi connectivity index (χ4n) is 2.64. The lowest BCUT2D eigenvalue weighted by molar-refractivity contribution is -0.127. The molecule has 1 aliphatic heterocycles. The smallest absolute Gasteiger partial charge is 0.235 e. The van der Waals surface area contributed by atoms with Gasteiger partial charge in [0, 0.05) is 26.6 Å². The Morgan fingerprint density at radius 2 is 2.18 bits per heavy atom. The van der Waals surface area contributed by atoms with Gasteiger partial charge in [0.15, 0.2) is 5.16 Å². The molecule has 22 heavy (non-hydrogen) atoms. The second kappa shape index (κ2) is 7.78. The second-order valence-corrected chi connectivity index (χ2v) is 7.07. The van der Waals surface area contributed by atoms with Crippen LogP contribution in [0.25, 0.3) is 0 Å². The molecule has 6 nitrogen and oxygen atoms in total. The summed E-state index contributed by atoms with van der Waals surface area (Å²) < 4.78 is 2.10. The van der Waals surface area contributed by atoms with Gasteiger partial charge in [-0.1, -0.05) is 17.8 Å². The van der Waals surface area contributed by atoms with Gasteiger partial charge in [-0.25, -0.2) is 0 Å². The number of rotatable bonds is 6. The third kappa shape index (κ3) is 3.89. The first kappa shape index (κ1) is 17.0. The number of amides is 1. The summed E-state index contributed by atoms with van der Waals surface area (Å²) in [5, 5.41) is 12.7. The molecule has 1 aliphatic rings. The van der Waals surface area contributed by atoms with E-state index < -0.39 is 0 Å². The maximum atomic E-state index is 12.0. The molecule has 1 amide bonds. The molecule has 0 aliphatic carbocycles. The lowest BCUT2D eigenvalue weighted by Crippen LogP contribution is -2.30. The van der Waals surface area contributed by atoms with Gasteiger partial charge >= 0.3 is 0 Å². The van der Waals surface area contributed by atoms with E-state index in [4.69, 9.17) is 0 Å². The van der Waals surface area contributed by atoms with Gasteiger partial charge in [0.1, 0.15) is 5.82 Å². The first-order chi connectivity index (χ1) is 10.5. The summed E-state index contributed by atoms with van der Waals surface area (Å²) in [5.41, 5.74) is 0. The molecular weight excluding hydrogens is 298 g/mol. The molecular formula is C15H25N5OS. The van der Waals surface area contributed by atoms with Gasteiger partial charge in [-0.2, -0.15) is 0 Å². The molecule has 2 heterocycles. The van der Waals surface area contributed by atoms with Gasteiger partial charge in [0.2, 0.25) is 5.91 Å². The van der Waals surface area contributed by atoms with Crippen molar-refractivity contribution in [3.8, 4) is 0 Å². The molecule has 1 saturated heterocycles. The summed E-state index contributed by atoms with van der Waals surface area (Å²) >= 11 is 1.47. The SMILES string of the molecule is C=CCn1c(SC(C)C(=O)N(C)C)nnc1C1CCNCC1. The van der Waals surface area contributed by atoms with Crippen LogP contribution in [0.1, 0.15) is 31.5 Å². The van der Waals surface area contributed by atoms with Crippen LogP contribution in [0.2, 0.25) is 0 Å². The van der Waals surface area contributed by atoms with Crippen LogP contribution in [0, 0.1) is 0 Å². The molecule has 122 valence electrons. The Kier molecular flexibility index (Phi) is 6.02. The Morgan fingerprint density at radius 1 is 1.50 bits per heavy atom. The van der Waals surface area contributed by atoms with Gasteiger partial charge < -0.3 is 14.8 Å². The largest absolute Gasteiger partial charge is 0.348 e. The minimum absolute atomic E-state index is 0.0848. The van der Waals surface area contributed by atoms with E-state index >= 15 is 0 Å². The molecule has 2 rings (SSSR count). The van der Waals surface area contributed by atoms with Crippen LogP contribution < -0.4 is 5.32 Å². The molecule has 0 spiro atoms. The summed E-state index contributed by atoms with van der Waals surface area (Å²) in [6.45, 7) is 8.45. The van der Waals surface area contributed by atoms with E-state index in [9.17, 15) is 4.79 Å². The number of allylic oxidation sites excluding steroid dienone is 1. The predicted molar refractivity (Wildman–Crippen MR) is 89.1 cm³/mol. The van der Waals surface area contributed by atoms with Crippen molar-refractivity contribution in [1.82, 2.24) is 25.0 Å². The highest BCUT2D eigenvalue weighted by Gasteiger charge is 2.25. The van der Waals surface area contributed by atoms with Gasteiger partial charge in [0.05, 0.1) is 5.25 Å². The summed E-state index contributed by atoms with van der Waals surface area (Å²) in [5.74, 6) is 1.54. The Morgan fingerprint density at radius 3 is 2.77 bits per heavy atom. The maximum absolute atomic E-state index is 12.0. The molecule has 7 heteroatoms. The Hall–Kier alpha value is -1.34. The zero-order valence-electron chi connectivity index (χ0n) is 13.6. The van der Waals surface area contributed by atoms with E-state index in [1.807, 2.05) is 13.0 Å². The van der Waals surface area contributed by atoms with E-state index in [1.165, 1.54) is 11.8 Å². The average Bonchev–Trinajstić information content (AvgIpc) is 2.90. The fourth-order valence-corrected chi connectivity index (χ4v) is 3.65. The van der Waals surface area contributed by atoms with Gasteiger partial charge in [0.25, 0.3) is 0 Å². The maximum Gasteiger partial charge on any atom is 0.235 e. The van der Waals surface area contributed by atoms with Crippen molar-refractivity contribution in [2.75, 3.05) is 27.2 Å². The predicted octanol–water partition coefficient (Wildman–Crippen LogP) is 1.50. The Labute approximate surface area is 136 Å². The third-order valence-electron chi connectivity index (χ3n) is 3.83. The van der Waals surface area contributed by atoms with Crippen LogP contribution in [0.3, 0.4) is 0 Å². The van der Waals surface area contributed by atoms with Crippen LogP contribution in [-0.2, 0) is 11.3 Å². The third-order valence-corrected chi connectivity index (χ3v) is 4.90. The first-order valence-corrected chi connectivity index (χ1v) is 8.55. The van der Waals surface area contributed by atoms with E-state index in [1.54, 1.807) is 19.0 Å². The summed E-state index contributed by atoms with van der Waals surface area (Å²) in [6, 6.07) is 0. The molecule has 1 unspecified atom stereocenters. The number of piperidine rings is 1. The van der Waals surface area contributed by atoms with Crippen LogP contribution in [0.4, 0.5) is 0 Å². The highest BCUT2D eigenvalue weighted by molar-refractivity contribution is 8.00. The number of nitrogens with one attached hydrogen (secondary N) is 1. The molecule has 0 saturated carbocycles. The number of hydrogen-bond donors (Lipinski definition) is 1.